The minimum atomic E-state index is -0.356. The van der Waals surface area contributed by atoms with Crippen LogP contribution in [0.15, 0.2) is 54.6 Å². The third-order valence-corrected chi connectivity index (χ3v) is 3.26. The smallest absolute Gasteiger partial charge is 0.259 e. The SMILES string of the molecule is CN(C)C(=O)COc1cccc(C(=O)C=Cc2cccc(F)c2)c1. The first-order valence-electron chi connectivity index (χ1n) is 7.37. The Balaban J connectivity index is 2.04. The third-order valence-electron chi connectivity index (χ3n) is 3.26. The maximum Gasteiger partial charge on any atom is 0.259 e. The molecule has 2 rings (SSSR count). The Kier molecular flexibility index (Phi) is 5.84. The van der Waals surface area contributed by atoms with Crippen molar-refractivity contribution in [1.29, 1.82) is 0 Å². The molecule has 4 nitrogen and oxygen atoms in total. The molecule has 0 spiro atoms. The van der Waals surface area contributed by atoms with Crippen molar-refractivity contribution in [1.82, 2.24) is 4.90 Å². The Hall–Kier alpha value is -2.95. The summed E-state index contributed by atoms with van der Waals surface area (Å²) in [7, 11) is 3.28. The molecule has 0 heterocycles. The summed E-state index contributed by atoms with van der Waals surface area (Å²) < 4.78 is 18.5. The lowest BCUT2D eigenvalue weighted by atomic mass is 10.1. The number of halogens is 1. The lowest BCUT2D eigenvalue weighted by Crippen LogP contribution is -2.27. The van der Waals surface area contributed by atoms with Gasteiger partial charge in [-0.1, -0.05) is 30.3 Å². The van der Waals surface area contributed by atoms with E-state index in [-0.39, 0.29) is 24.1 Å². The molecular formula is C19H18FNO3. The molecule has 24 heavy (non-hydrogen) atoms. The molecule has 0 unspecified atom stereocenters. The normalized spacial score (nSPS) is 10.6. The van der Waals surface area contributed by atoms with Crippen molar-refractivity contribution in [2.45, 2.75) is 0 Å². The number of carbonyl (C=O) groups is 2. The zero-order chi connectivity index (χ0) is 17.5. The van der Waals surface area contributed by atoms with Crippen molar-refractivity contribution in [3.8, 4) is 5.75 Å². The molecule has 0 saturated carbocycles. The van der Waals surface area contributed by atoms with E-state index in [4.69, 9.17) is 4.74 Å². The van der Waals surface area contributed by atoms with Gasteiger partial charge in [0.15, 0.2) is 12.4 Å². The zero-order valence-electron chi connectivity index (χ0n) is 13.5. The molecule has 5 heteroatoms. The van der Waals surface area contributed by atoms with E-state index in [9.17, 15) is 14.0 Å². The standard InChI is InChI=1S/C19H18FNO3/c1-21(2)19(23)13-24-17-8-4-6-15(12-17)18(22)10-9-14-5-3-7-16(20)11-14/h3-12H,13H2,1-2H3. The van der Waals surface area contributed by atoms with Gasteiger partial charge in [-0.25, -0.2) is 4.39 Å². The summed E-state index contributed by atoms with van der Waals surface area (Å²) in [4.78, 5) is 25.1. The Morgan fingerprint density at radius 1 is 1.12 bits per heavy atom. The van der Waals surface area contributed by atoms with Crippen LogP contribution in [0.5, 0.6) is 5.75 Å². The topological polar surface area (TPSA) is 46.6 Å². The molecule has 0 aliphatic rings. The highest BCUT2D eigenvalue weighted by molar-refractivity contribution is 6.07. The molecule has 0 bridgehead atoms. The Morgan fingerprint density at radius 2 is 1.88 bits per heavy atom. The Bertz CT molecular complexity index is 769. The minimum Gasteiger partial charge on any atom is -0.484 e. The second kappa shape index (κ2) is 8.06. The van der Waals surface area contributed by atoms with E-state index in [1.807, 2.05) is 0 Å². The second-order valence-electron chi connectivity index (χ2n) is 5.36. The Labute approximate surface area is 140 Å². The van der Waals surface area contributed by atoms with Crippen molar-refractivity contribution < 1.29 is 18.7 Å². The number of hydrogen-bond acceptors (Lipinski definition) is 3. The van der Waals surface area contributed by atoms with Crippen LogP contribution in [-0.4, -0.2) is 37.3 Å². The summed E-state index contributed by atoms with van der Waals surface area (Å²) in [6, 6.07) is 12.6. The number of amides is 1. The van der Waals surface area contributed by atoms with Crippen LogP contribution in [0, 0.1) is 5.82 Å². The van der Waals surface area contributed by atoms with Crippen LogP contribution < -0.4 is 4.74 Å². The van der Waals surface area contributed by atoms with Crippen LogP contribution in [0.4, 0.5) is 4.39 Å². The van der Waals surface area contributed by atoms with Crippen LogP contribution in [0.25, 0.3) is 6.08 Å². The van der Waals surface area contributed by atoms with Crippen molar-refractivity contribution in [2.24, 2.45) is 0 Å². The van der Waals surface area contributed by atoms with Crippen LogP contribution in [0.3, 0.4) is 0 Å². The summed E-state index contributed by atoms with van der Waals surface area (Å²) in [6.07, 6.45) is 2.92. The van der Waals surface area contributed by atoms with Gasteiger partial charge in [0.1, 0.15) is 11.6 Å². The van der Waals surface area contributed by atoms with E-state index in [2.05, 4.69) is 0 Å². The lowest BCUT2D eigenvalue weighted by molar-refractivity contribution is -0.130. The van der Waals surface area contributed by atoms with Crippen LogP contribution in [-0.2, 0) is 4.79 Å². The number of hydrogen-bond donors (Lipinski definition) is 0. The summed E-state index contributed by atoms with van der Waals surface area (Å²) in [6.45, 7) is -0.0935. The quantitative estimate of drug-likeness (QED) is 0.605. The van der Waals surface area contributed by atoms with Gasteiger partial charge in [0, 0.05) is 19.7 Å². The number of rotatable bonds is 6. The number of allylic oxidation sites excluding steroid dienone is 1. The molecule has 0 aliphatic carbocycles. The van der Waals surface area contributed by atoms with E-state index in [1.165, 1.54) is 23.1 Å². The lowest BCUT2D eigenvalue weighted by Gasteiger charge is -2.11. The first kappa shape index (κ1) is 17.4. The van der Waals surface area contributed by atoms with Crippen LogP contribution in [0.2, 0.25) is 0 Å². The summed E-state index contributed by atoms with van der Waals surface area (Å²) in [5.41, 5.74) is 1.03. The summed E-state index contributed by atoms with van der Waals surface area (Å²) in [5, 5.41) is 0. The number of ether oxygens (including phenoxy) is 1. The predicted molar refractivity (Wildman–Crippen MR) is 90.4 cm³/mol. The fourth-order valence-electron chi connectivity index (χ4n) is 1.89. The van der Waals surface area contributed by atoms with E-state index in [0.29, 0.717) is 16.9 Å². The number of ketones is 1. The van der Waals surface area contributed by atoms with E-state index >= 15 is 0 Å². The van der Waals surface area contributed by atoms with Gasteiger partial charge in [-0.3, -0.25) is 9.59 Å². The van der Waals surface area contributed by atoms with Crippen molar-refractivity contribution in [3.63, 3.8) is 0 Å². The van der Waals surface area contributed by atoms with Gasteiger partial charge < -0.3 is 9.64 Å². The first-order chi connectivity index (χ1) is 11.5. The van der Waals surface area contributed by atoms with Crippen LogP contribution >= 0.6 is 0 Å². The molecule has 0 N–H and O–H groups in total. The second-order valence-corrected chi connectivity index (χ2v) is 5.36. The van der Waals surface area contributed by atoms with Gasteiger partial charge in [0.2, 0.25) is 0 Å². The zero-order valence-corrected chi connectivity index (χ0v) is 13.5. The first-order valence-corrected chi connectivity index (χ1v) is 7.37. The largest absolute Gasteiger partial charge is 0.484 e. The molecular weight excluding hydrogens is 309 g/mol. The monoisotopic (exact) mass is 327 g/mol. The van der Waals surface area contributed by atoms with Gasteiger partial charge in [0.05, 0.1) is 0 Å². The molecule has 0 aliphatic heterocycles. The molecule has 1 amide bonds. The van der Waals surface area contributed by atoms with E-state index in [0.717, 1.165) is 0 Å². The number of carbonyl (C=O) groups excluding carboxylic acids is 2. The van der Waals surface area contributed by atoms with Crippen LogP contribution in [0.1, 0.15) is 15.9 Å². The van der Waals surface area contributed by atoms with E-state index in [1.54, 1.807) is 56.6 Å². The third kappa shape index (κ3) is 5.05. The summed E-state index contributed by atoms with van der Waals surface area (Å²) in [5.74, 6) is -0.317. The molecule has 0 fully saturated rings. The van der Waals surface area contributed by atoms with Crippen molar-refractivity contribution in [2.75, 3.05) is 20.7 Å². The molecule has 2 aromatic carbocycles. The van der Waals surface area contributed by atoms with Gasteiger partial charge in [0.25, 0.3) is 5.91 Å². The average Bonchev–Trinajstić information content (AvgIpc) is 2.57. The van der Waals surface area contributed by atoms with Gasteiger partial charge in [-0.05, 0) is 35.9 Å². The number of nitrogens with zero attached hydrogens (tertiary/aromatic N) is 1. The average molecular weight is 327 g/mol. The highest BCUT2D eigenvalue weighted by atomic mass is 19.1. The van der Waals surface area contributed by atoms with Crippen molar-refractivity contribution >= 4 is 17.8 Å². The fraction of sp³-hybridized carbons (Fsp3) is 0.158. The maximum absolute atomic E-state index is 13.1. The maximum atomic E-state index is 13.1. The van der Waals surface area contributed by atoms with Gasteiger partial charge >= 0.3 is 0 Å². The number of benzene rings is 2. The highest BCUT2D eigenvalue weighted by Crippen LogP contribution is 2.15. The fourth-order valence-corrected chi connectivity index (χ4v) is 1.89. The summed E-state index contributed by atoms with van der Waals surface area (Å²) >= 11 is 0. The molecule has 0 saturated heterocycles. The molecule has 2 aromatic rings. The molecule has 0 atom stereocenters. The number of likely N-dealkylation sites (N-methyl/N-ethyl adjacent to an activating group) is 1. The van der Waals surface area contributed by atoms with E-state index < -0.39 is 0 Å². The molecule has 0 radical (unpaired) electrons. The van der Waals surface area contributed by atoms with Gasteiger partial charge in [-0.2, -0.15) is 0 Å². The highest BCUT2D eigenvalue weighted by Gasteiger charge is 2.07. The van der Waals surface area contributed by atoms with Crippen molar-refractivity contribution in [3.05, 3.63) is 71.6 Å². The minimum absolute atomic E-state index is 0.0935. The molecule has 0 aromatic heterocycles. The predicted octanol–water partition coefficient (Wildman–Crippen LogP) is 3.19. The van der Waals surface area contributed by atoms with Gasteiger partial charge in [-0.15, -0.1) is 0 Å². The molecule has 124 valence electrons. The Morgan fingerprint density at radius 3 is 2.58 bits per heavy atom.